The third-order valence-corrected chi connectivity index (χ3v) is 4.68. The molecule has 4 N–H and O–H groups in total. The largest absolute Gasteiger partial charge is 0.368 e. The lowest BCUT2D eigenvalue weighted by Gasteiger charge is -2.15. The lowest BCUT2D eigenvalue weighted by atomic mass is 10.0. The molecule has 0 aliphatic carbocycles. The highest BCUT2D eigenvalue weighted by atomic mass is 19.1. The Morgan fingerprint density at radius 3 is 2.58 bits per heavy atom. The smallest absolute Gasteiger partial charge is 0.252 e. The van der Waals surface area contributed by atoms with Crippen molar-refractivity contribution in [1.29, 1.82) is 0 Å². The van der Waals surface area contributed by atoms with Crippen LogP contribution in [0.1, 0.15) is 23.3 Å². The topological polar surface area (TPSA) is 114 Å². The minimum absolute atomic E-state index is 0. The molecule has 0 radical (unpaired) electrons. The molecule has 4 rings (SSSR count). The van der Waals surface area contributed by atoms with Crippen LogP contribution in [0.25, 0.3) is 22.4 Å². The Balaban J connectivity index is 0.00000272. The molecule has 8 heteroatoms. The molecule has 4 aromatic rings. The standard InChI is InChI=1S/C22H18FN5O2.CH4/c23-16-3-1-2-13(10-16)11-19(20(24)29)28-22(30)15-4-5-17-18(12-15)27-21(26-17)14-6-8-25-9-7-14;/h1-10,12,19H,11H2,(H2,24,29)(H,26,27)(H,28,30);1H4/t19-;/m0./s1. The Kier molecular flexibility index (Phi) is 6.40. The molecule has 7 nitrogen and oxygen atoms in total. The highest BCUT2D eigenvalue weighted by molar-refractivity contribution is 6.00. The number of halogens is 1. The summed E-state index contributed by atoms with van der Waals surface area (Å²) in [5, 5.41) is 2.63. The fourth-order valence-electron chi connectivity index (χ4n) is 3.16. The van der Waals surface area contributed by atoms with Gasteiger partial charge < -0.3 is 16.0 Å². The van der Waals surface area contributed by atoms with Crippen molar-refractivity contribution in [2.75, 3.05) is 0 Å². The van der Waals surface area contributed by atoms with Gasteiger partial charge in [0.2, 0.25) is 5.91 Å². The highest BCUT2D eigenvalue weighted by Gasteiger charge is 2.20. The number of aromatic amines is 1. The number of benzene rings is 2. The minimum atomic E-state index is -0.968. The van der Waals surface area contributed by atoms with Gasteiger partial charge in [-0.15, -0.1) is 0 Å². The quantitative estimate of drug-likeness (QED) is 0.445. The second-order valence-electron chi connectivity index (χ2n) is 6.82. The lowest BCUT2D eigenvalue weighted by molar-refractivity contribution is -0.119. The van der Waals surface area contributed by atoms with Crippen molar-refractivity contribution in [2.24, 2.45) is 5.73 Å². The van der Waals surface area contributed by atoms with Gasteiger partial charge in [0.05, 0.1) is 11.0 Å². The average Bonchev–Trinajstić information content (AvgIpc) is 3.17. The Morgan fingerprint density at radius 2 is 1.87 bits per heavy atom. The highest BCUT2D eigenvalue weighted by Crippen LogP contribution is 2.21. The normalized spacial score (nSPS) is 11.5. The molecule has 2 aromatic carbocycles. The van der Waals surface area contributed by atoms with Crippen LogP contribution < -0.4 is 11.1 Å². The van der Waals surface area contributed by atoms with E-state index in [1.54, 1.807) is 36.7 Å². The first-order valence-corrected chi connectivity index (χ1v) is 9.24. The SMILES string of the molecule is C.NC(=O)[C@H](Cc1cccc(F)c1)NC(=O)c1ccc2nc(-c3ccncc3)[nH]c2c1. The van der Waals surface area contributed by atoms with Crippen molar-refractivity contribution < 1.29 is 14.0 Å². The van der Waals surface area contributed by atoms with Crippen molar-refractivity contribution >= 4 is 22.8 Å². The second-order valence-corrected chi connectivity index (χ2v) is 6.82. The second kappa shape index (κ2) is 9.17. The molecule has 31 heavy (non-hydrogen) atoms. The summed E-state index contributed by atoms with van der Waals surface area (Å²) in [7, 11) is 0. The molecule has 1 atom stereocenters. The van der Waals surface area contributed by atoms with Gasteiger partial charge in [0, 0.05) is 29.9 Å². The molecule has 0 fully saturated rings. The summed E-state index contributed by atoms with van der Waals surface area (Å²) in [6, 6.07) is 13.5. The van der Waals surface area contributed by atoms with Gasteiger partial charge in [-0.25, -0.2) is 9.37 Å². The van der Waals surface area contributed by atoms with E-state index in [9.17, 15) is 14.0 Å². The Hall–Kier alpha value is -4.07. The van der Waals surface area contributed by atoms with E-state index in [4.69, 9.17) is 5.73 Å². The van der Waals surface area contributed by atoms with E-state index in [1.807, 2.05) is 12.1 Å². The van der Waals surface area contributed by atoms with Gasteiger partial charge in [-0.3, -0.25) is 14.6 Å². The molecule has 2 heterocycles. The summed E-state index contributed by atoms with van der Waals surface area (Å²) < 4.78 is 13.4. The molecule has 0 saturated heterocycles. The Morgan fingerprint density at radius 1 is 1.10 bits per heavy atom. The number of aromatic nitrogens is 3. The summed E-state index contributed by atoms with van der Waals surface area (Å²) >= 11 is 0. The molecule has 158 valence electrons. The molecule has 2 amide bonds. The van der Waals surface area contributed by atoms with Crippen LogP contribution >= 0.6 is 0 Å². The summed E-state index contributed by atoms with van der Waals surface area (Å²) in [5.74, 6) is -0.921. The van der Waals surface area contributed by atoms with E-state index in [0.29, 0.717) is 28.0 Å². The van der Waals surface area contributed by atoms with E-state index in [1.165, 1.54) is 18.2 Å². The number of hydrogen-bond acceptors (Lipinski definition) is 4. The molecule has 2 aromatic heterocycles. The van der Waals surface area contributed by atoms with Gasteiger partial charge in [-0.2, -0.15) is 0 Å². The zero-order valence-electron chi connectivity index (χ0n) is 15.8. The minimum Gasteiger partial charge on any atom is -0.368 e. The fourth-order valence-corrected chi connectivity index (χ4v) is 3.16. The predicted molar refractivity (Wildman–Crippen MR) is 117 cm³/mol. The monoisotopic (exact) mass is 419 g/mol. The number of nitrogens with two attached hydrogens (primary N) is 1. The van der Waals surface area contributed by atoms with Crippen molar-refractivity contribution in [2.45, 2.75) is 19.9 Å². The number of carbonyl (C=O) groups excluding carboxylic acids is 2. The van der Waals surface area contributed by atoms with Gasteiger partial charge in [0.25, 0.3) is 5.91 Å². The average molecular weight is 419 g/mol. The van der Waals surface area contributed by atoms with Crippen LogP contribution in [0.15, 0.2) is 67.0 Å². The van der Waals surface area contributed by atoms with Crippen LogP contribution in [0.2, 0.25) is 0 Å². The maximum Gasteiger partial charge on any atom is 0.252 e. The Bertz CT molecular complexity index is 1220. The fraction of sp³-hybridized carbons (Fsp3) is 0.130. The van der Waals surface area contributed by atoms with Crippen molar-refractivity contribution in [1.82, 2.24) is 20.3 Å². The molecule has 0 unspecified atom stereocenters. The van der Waals surface area contributed by atoms with Gasteiger partial charge >= 0.3 is 0 Å². The zero-order valence-corrected chi connectivity index (χ0v) is 15.8. The van der Waals surface area contributed by atoms with Crippen LogP contribution in [-0.4, -0.2) is 32.8 Å². The summed E-state index contributed by atoms with van der Waals surface area (Å²) in [4.78, 5) is 36.2. The van der Waals surface area contributed by atoms with Crippen LogP contribution in [0.5, 0.6) is 0 Å². The zero-order chi connectivity index (χ0) is 21.1. The number of fused-ring (bicyclic) bond motifs is 1. The third-order valence-electron chi connectivity index (χ3n) is 4.68. The van der Waals surface area contributed by atoms with E-state index in [-0.39, 0.29) is 13.8 Å². The molecule has 0 bridgehead atoms. The number of nitrogens with one attached hydrogen (secondary N) is 2. The predicted octanol–water partition coefficient (Wildman–Crippen LogP) is 3.23. The van der Waals surface area contributed by atoms with Crippen molar-refractivity contribution in [3.63, 3.8) is 0 Å². The first kappa shape index (κ1) is 21.6. The van der Waals surface area contributed by atoms with Crippen molar-refractivity contribution in [3.8, 4) is 11.4 Å². The lowest BCUT2D eigenvalue weighted by Crippen LogP contribution is -2.45. The first-order chi connectivity index (χ1) is 14.5. The van der Waals surface area contributed by atoms with Crippen LogP contribution in [-0.2, 0) is 11.2 Å². The maximum atomic E-state index is 13.4. The number of imidazole rings is 1. The van der Waals surface area contributed by atoms with E-state index < -0.39 is 23.7 Å². The number of primary amides is 1. The molecule has 0 saturated carbocycles. The van der Waals surface area contributed by atoms with Crippen LogP contribution in [0, 0.1) is 5.82 Å². The molecule has 0 aliphatic rings. The number of H-pyrrole nitrogens is 1. The summed E-state index contributed by atoms with van der Waals surface area (Å²) in [5.41, 5.74) is 8.59. The van der Waals surface area contributed by atoms with Gasteiger partial charge in [-0.05, 0) is 48.0 Å². The Labute approximate surface area is 178 Å². The maximum absolute atomic E-state index is 13.4. The number of hydrogen-bond donors (Lipinski definition) is 3. The summed E-state index contributed by atoms with van der Waals surface area (Å²) in [6.45, 7) is 0. The van der Waals surface area contributed by atoms with E-state index in [2.05, 4.69) is 20.3 Å². The number of pyridine rings is 1. The summed E-state index contributed by atoms with van der Waals surface area (Å²) in [6.07, 6.45) is 3.44. The molecular formula is C23H22FN5O2. The molecule has 0 spiro atoms. The number of rotatable bonds is 6. The molecular weight excluding hydrogens is 397 g/mol. The number of nitrogens with zero attached hydrogens (tertiary/aromatic N) is 2. The molecule has 0 aliphatic heterocycles. The number of carbonyl (C=O) groups is 2. The van der Waals surface area contributed by atoms with Crippen LogP contribution in [0.3, 0.4) is 0 Å². The van der Waals surface area contributed by atoms with Crippen molar-refractivity contribution in [3.05, 3.63) is 83.9 Å². The first-order valence-electron chi connectivity index (χ1n) is 9.24. The van der Waals surface area contributed by atoms with E-state index in [0.717, 1.165) is 5.56 Å². The van der Waals surface area contributed by atoms with Gasteiger partial charge in [-0.1, -0.05) is 19.6 Å². The van der Waals surface area contributed by atoms with Gasteiger partial charge in [0.15, 0.2) is 0 Å². The van der Waals surface area contributed by atoms with Gasteiger partial charge in [0.1, 0.15) is 17.7 Å². The third kappa shape index (κ3) is 4.92. The van der Waals surface area contributed by atoms with Crippen LogP contribution in [0.4, 0.5) is 4.39 Å². The number of amides is 2. The van der Waals surface area contributed by atoms with E-state index >= 15 is 0 Å².